The average Bonchev–Trinajstić information content (AvgIpc) is 3.51. The third kappa shape index (κ3) is 13.1. The van der Waals surface area contributed by atoms with Crippen LogP contribution in [0.5, 0.6) is 0 Å². The summed E-state index contributed by atoms with van der Waals surface area (Å²) >= 11 is 0. The Balaban J connectivity index is 1.05. The number of allylic oxidation sites excluding steroid dienone is 9. The molecule has 0 aromatic carbocycles. The van der Waals surface area contributed by atoms with Crippen LogP contribution in [0.1, 0.15) is 203 Å². The van der Waals surface area contributed by atoms with Gasteiger partial charge in [-0.1, -0.05) is 160 Å². The fourth-order valence-electron chi connectivity index (χ4n) is 11.5. The second-order valence-corrected chi connectivity index (χ2v) is 19.4. The molecule has 0 spiro atoms. The summed E-state index contributed by atoms with van der Waals surface area (Å²) in [5.74, 6) is 5.44. The van der Waals surface area contributed by atoms with Crippen LogP contribution in [0, 0.1) is 52.3 Å². The van der Waals surface area contributed by atoms with Crippen molar-refractivity contribution in [2.45, 2.75) is 209 Å². The predicted molar refractivity (Wildman–Crippen MR) is 234 cm³/mol. The molecule has 0 saturated heterocycles. The van der Waals surface area contributed by atoms with Crippen molar-refractivity contribution in [3.63, 3.8) is 0 Å². The van der Waals surface area contributed by atoms with Crippen molar-refractivity contribution in [3.05, 3.63) is 60.3 Å². The molecule has 0 aromatic rings. The molecule has 0 aliphatic heterocycles. The Hall–Kier alpha value is -1.83. The first kappa shape index (κ1) is 44.9. The zero-order chi connectivity index (χ0) is 38.8. The lowest BCUT2D eigenvalue weighted by Crippen LogP contribution is -2.51. The highest BCUT2D eigenvalue weighted by molar-refractivity contribution is 5.69. The molecule has 0 bridgehead atoms. The van der Waals surface area contributed by atoms with E-state index in [1.807, 2.05) is 0 Å². The quantitative estimate of drug-likeness (QED) is 0.0559. The molecule has 0 aromatic heterocycles. The number of carbonyl (C=O) groups excluding carboxylic acids is 1. The normalized spacial score (nSPS) is 31.0. The molecule has 0 radical (unpaired) electrons. The molecule has 9 atom stereocenters. The van der Waals surface area contributed by atoms with Gasteiger partial charge in [-0.25, -0.2) is 0 Å². The van der Waals surface area contributed by atoms with Gasteiger partial charge in [-0.15, -0.1) is 0 Å². The summed E-state index contributed by atoms with van der Waals surface area (Å²) in [5.41, 5.74) is 2.42. The van der Waals surface area contributed by atoms with Gasteiger partial charge in [0, 0.05) is 12.8 Å². The van der Waals surface area contributed by atoms with E-state index in [9.17, 15) is 4.79 Å². The van der Waals surface area contributed by atoms with Crippen LogP contribution in [0.15, 0.2) is 60.3 Å². The third-order valence-corrected chi connectivity index (χ3v) is 15.4. The van der Waals surface area contributed by atoms with Crippen molar-refractivity contribution < 1.29 is 9.53 Å². The Morgan fingerprint density at radius 2 is 1.37 bits per heavy atom. The molecule has 0 N–H and O–H groups in total. The average molecular weight is 743 g/mol. The van der Waals surface area contributed by atoms with Crippen molar-refractivity contribution in [1.82, 2.24) is 0 Å². The molecule has 4 aliphatic rings. The summed E-state index contributed by atoms with van der Waals surface area (Å²) in [6.07, 6.45) is 51.0. The van der Waals surface area contributed by atoms with Gasteiger partial charge in [-0.2, -0.15) is 0 Å². The zero-order valence-electron chi connectivity index (χ0n) is 36.6. The number of ether oxygens (including phenoxy) is 1. The topological polar surface area (TPSA) is 26.3 Å². The van der Waals surface area contributed by atoms with Gasteiger partial charge >= 0.3 is 5.97 Å². The Bertz CT molecular complexity index is 1230. The van der Waals surface area contributed by atoms with Crippen molar-refractivity contribution in [3.8, 4) is 0 Å². The summed E-state index contributed by atoms with van der Waals surface area (Å²) in [4.78, 5) is 12.9. The van der Waals surface area contributed by atoms with Gasteiger partial charge in [-0.05, 0) is 142 Å². The fraction of sp³-hybridized carbons (Fsp3) is 0.788. The van der Waals surface area contributed by atoms with Gasteiger partial charge < -0.3 is 4.74 Å². The number of unbranched alkanes of at least 4 members (excludes halogenated alkanes) is 11. The van der Waals surface area contributed by atoms with Crippen LogP contribution in [0.4, 0.5) is 0 Å². The first-order valence-electron chi connectivity index (χ1n) is 23.6. The van der Waals surface area contributed by atoms with E-state index in [1.54, 1.807) is 5.57 Å². The summed E-state index contributed by atoms with van der Waals surface area (Å²) in [7, 11) is 0. The molecule has 9 unspecified atom stereocenters. The van der Waals surface area contributed by atoms with E-state index in [1.165, 1.54) is 109 Å². The van der Waals surface area contributed by atoms with Crippen LogP contribution >= 0.6 is 0 Å². The smallest absolute Gasteiger partial charge is 0.306 e. The highest BCUT2D eigenvalue weighted by Gasteiger charge is 2.59. The summed E-state index contributed by atoms with van der Waals surface area (Å²) in [5, 5.41) is 0. The van der Waals surface area contributed by atoms with E-state index in [4.69, 9.17) is 4.74 Å². The number of rotatable bonds is 24. The van der Waals surface area contributed by atoms with Gasteiger partial charge in [0.05, 0.1) is 0 Å². The molecular weight excluding hydrogens is 657 g/mol. The maximum absolute atomic E-state index is 12.9. The van der Waals surface area contributed by atoms with E-state index >= 15 is 0 Å². The molecular formula is C52H86O2. The van der Waals surface area contributed by atoms with Crippen molar-refractivity contribution in [2.24, 2.45) is 52.3 Å². The lowest BCUT2D eigenvalue weighted by atomic mass is 9.47. The number of carbonyl (C=O) groups is 1. The van der Waals surface area contributed by atoms with Crippen LogP contribution < -0.4 is 0 Å². The van der Waals surface area contributed by atoms with E-state index in [0.717, 1.165) is 62.2 Å². The minimum absolute atomic E-state index is 0.0486. The molecule has 54 heavy (non-hydrogen) atoms. The van der Waals surface area contributed by atoms with Crippen LogP contribution in [0.2, 0.25) is 0 Å². The lowest BCUT2D eigenvalue weighted by Gasteiger charge is -2.58. The molecule has 0 amide bonds. The molecule has 3 fully saturated rings. The van der Waals surface area contributed by atoms with Gasteiger partial charge in [0.15, 0.2) is 0 Å². The Labute approximate surface area is 335 Å². The van der Waals surface area contributed by atoms with Crippen LogP contribution in [0.3, 0.4) is 0 Å². The van der Waals surface area contributed by atoms with Gasteiger partial charge in [-0.3, -0.25) is 4.79 Å². The van der Waals surface area contributed by atoms with Crippen LogP contribution in [0.25, 0.3) is 0 Å². The molecule has 2 nitrogen and oxygen atoms in total. The molecule has 3 saturated carbocycles. The largest absolute Gasteiger partial charge is 0.462 e. The second-order valence-electron chi connectivity index (χ2n) is 19.4. The first-order valence-corrected chi connectivity index (χ1v) is 23.6. The van der Waals surface area contributed by atoms with Gasteiger partial charge in [0.1, 0.15) is 6.10 Å². The molecule has 4 aliphatic carbocycles. The maximum atomic E-state index is 12.9. The second kappa shape index (κ2) is 23.4. The summed E-state index contributed by atoms with van der Waals surface area (Å²) in [6, 6.07) is 0. The zero-order valence-corrected chi connectivity index (χ0v) is 36.6. The molecule has 0 heterocycles. The van der Waals surface area contributed by atoms with Crippen molar-refractivity contribution in [1.29, 1.82) is 0 Å². The number of hydrogen-bond acceptors (Lipinski definition) is 2. The van der Waals surface area contributed by atoms with E-state index in [-0.39, 0.29) is 12.1 Å². The van der Waals surface area contributed by atoms with Crippen LogP contribution in [-0.2, 0) is 9.53 Å². The Morgan fingerprint density at radius 3 is 2.04 bits per heavy atom. The summed E-state index contributed by atoms with van der Waals surface area (Å²) in [6.45, 7) is 17.1. The molecule has 2 heteroatoms. The van der Waals surface area contributed by atoms with Crippen molar-refractivity contribution >= 4 is 5.97 Å². The number of fused-ring (bicyclic) bond motifs is 5. The Kier molecular flexibility index (Phi) is 19.5. The highest BCUT2D eigenvalue weighted by atomic mass is 16.5. The molecule has 4 rings (SSSR count). The Morgan fingerprint density at radius 1 is 0.741 bits per heavy atom. The third-order valence-electron chi connectivity index (χ3n) is 15.4. The minimum Gasteiger partial charge on any atom is -0.462 e. The number of esters is 1. The molecule has 306 valence electrons. The maximum Gasteiger partial charge on any atom is 0.306 e. The first-order chi connectivity index (χ1) is 26.1. The minimum atomic E-state index is 0.0486. The fourth-order valence-corrected chi connectivity index (χ4v) is 11.5. The SMILES string of the molecule is CCCCC/C=C\C/C=C\C/C=C\CCCCCCCCCCC(=O)OC1CCC2(C)C(=CCC3C2CCC2(C)C(C(C)/C=C/C(C)C(C)C)CCC32)C1. The van der Waals surface area contributed by atoms with E-state index < -0.39 is 0 Å². The number of hydrogen-bond donors (Lipinski definition) is 0. The summed E-state index contributed by atoms with van der Waals surface area (Å²) < 4.78 is 6.15. The standard InChI is InChI=1S/C52H86O2/c1-8-9-10-11-12-13-14-15-16-17-18-19-20-21-22-23-24-25-26-27-28-29-50(53)54-45-36-38-51(6)44(40-45)32-33-46-48-35-34-47(52(48,7)39-37-49(46)51)43(5)31-30-42(4)41(2)3/h12-13,15-16,18-19,30-32,41-43,45-49H,8-11,14,17,20-29,33-40H2,1-7H3/b13-12-,16-15-,19-18-,31-30+. The monoisotopic (exact) mass is 743 g/mol. The lowest BCUT2D eigenvalue weighted by molar-refractivity contribution is -0.151. The van der Waals surface area contributed by atoms with Crippen molar-refractivity contribution in [2.75, 3.05) is 0 Å². The predicted octanol–water partition coefficient (Wildman–Crippen LogP) is 15.9. The van der Waals surface area contributed by atoms with Gasteiger partial charge in [0.25, 0.3) is 0 Å². The van der Waals surface area contributed by atoms with E-state index in [2.05, 4.69) is 103 Å². The van der Waals surface area contributed by atoms with Gasteiger partial charge in [0.2, 0.25) is 0 Å². The van der Waals surface area contributed by atoms with E-state index in [0.29, 0.717) is 35.0 Å². The van der Waals surface area contributed by atoms with Crippen LogP contribution in [-0.4, -0.2) is 12.1 Å². The highest BCUT2D eigenvalue weighted by Crippen LogP contribution is 2.67.